The van der Waals surface area contributed by atoms with E-state index in [4.69, 9.17) is 4.52 Å². The van der Waals surface area contributed by atoms with Crippen molar-refractivity contribution in [1.82, 2.24) is 24.8 Å². The first-order valence-corrected chi connectivity index (χ1v) is 9.65. The van der Waals surface area contributed by atoms with E-state index in [0.29, 0.717) is 30.5 Å². The minimum atomic E-state index is 0.0403. The Morgan fingerprint density at radius 1 is 1.07 bits per heavy atom. The Morgan fingerprint density at radius 2 is 1.82 bits per heavy atom. The minimum absolute atomic E-state index is 0.0403. The topological polar surface area (TPSA) is 80.3 Å². The number of anilines is 1. The van der Waals surface area contributed by atoms with Crippen LogP contribution >= 0.6 is 0 Å². The lowest BCUT2D eigenvalue weighted by molar-refractivity contribution is 0.0735. The smallest absolute Gasteiger partial charge is 0.272 e. The molecule has 0 radical (unpaired) electrons. The first-order chi connectivity index (χ1) is 13.7. The molecule has 1 saturated heterocycles. The molecular weight excluding hydrogens is 356 g/mol. The molecule has 1 saturated carbocycles. The lowest BCUT2D eigenvalue weighted by Gasteiger charge is -2.36. The number of piperazine rings is 1. The largest absolute Gasteiger partial charge is 0.368 e. The number of aryl methyl sites for hydroxylation is 1. The van der Waals surface area contributed by atoms with Crippen molar-refractivity contribution in [2.24, 2.45) is 7.05 Å². The van der Waals surface area contributed by atoms with Crippen LogP contribution in [0, 0.1) is 0 Å². The molecule has 2 aliphatic rings. The van der Waals surface area contributed by atoms with Crippen LogP contribution in [0.15, 0.2) is 41.1 Å². The molecule has 3 aromatic rings. The third kappa shape index (κ3) is 3.15. The van der Waals surface area contributed by atoms with Gasteiger partial charge < -0.3 is 14.3 Å². The van der Waals surface area contributed by atoms with Crippen LogP contribution in [0.2, 0.25) is 0 Å². The van der Waals surface area contributed by atoms with E-state index < -0.39 is 0 Å². The van der Waals surface area contributed by atoms with E-state index in [9.17, 15) is 4.79 Å². The summed E-state index contributed by atoms with van der Waals surface area (Å²) in [5, 5.41) is 8.18. The number of aromatic nitrogens is 4. The van der Waals surface area contributed by atoms with Gasteiger partial charge in [0.25, 0.3) is 5.91 Å². The van der Waals surface area contributed by atoms with Crippen molar-refractivity contribution in [3.05, 3.63) is 48.1 Å². The Bertz CT molecular complexity index is 980. The fourth-order valence-corrected chi connectivity index (χ4v) is 3.58. The molecule has 0 atom stereocenters. The highest BCUT2D eigenvalue weighted by Crippen LogP contribution is 2.39. The Hall–Kier alpha value is -3.16. The maximum absolute atomic E-state index is 12.6. The number of amides is 1. The van der Waals surface area contributed by atoms with Crippen LogP contribution < -0.4 is 4.90 Å². The zero-order chi connectivity index (χ0) is 19.1. The summed E-state index contributed by atoms with van der Waals surface area (Å²) in [6, 6.07) is 10.00. The lowest BCUT2D eigenvalue weighted by atomic mass is 10.1. The van der Waals surface area contributed by atoms with E-state index in [1.807, 2.05) is 17.0 Å². The van der Waals surface area contributed by atoms with Crippen molar-refractivity contribution >= 4 is 11.6 Å². The molecule has 1 aliphatic heterocycles. The van der Waals surface area contributed by atoms with Crippen LogP contribution in [0.3, 0.4) is 0 Å². The SMILES string of the molecule is Cn1nccc1C(=O)N1CCN(c2ccc(-c3noc(C4CC4)n3)cc2)CC1. The normalized spacial score (nSPS) is 17.2. The van der Waals surface area contributed by atoms with E-state index in [-0.39, 0.29) is 5.91 Å². The number of hydrogen-bond donors (Lipinski definition) is 0. The zero-order valence-electron chi connectivity index (χ0n) is 15.8. The van der Waals surface area contributed by atoms with Gasteiger partial charge in [-0.05, 0) is 43.2 Å². The van der Waals surface area contributed by atoms with Gasteiger partial charge in [0.05, 0.1) is 0 Å². The summed E-state index contributed by atoms with van der Waals surface area (Å²) in [6.07, 6.45) is 3.95. The highest BCUT2D eigenvalue weighted by Gasteiger charge is 2.30. The van der Waals surface area contributed by atoms with Crippen molar-refractivity contribution in [1.29, 1.82) is 0 Å². The van der Waals surface area contributed by atoms with Crippen LogP contribution in [0.1, 0.15) is 35.1 Å². The summed E-state index contributed by atoms with van der Waals surface area (Å²) in [5.41, 5.74) is 2.73. The van der Waals surface area contributed by atoms with Crippen molar-refractivity contribution in [2.75, 3.05) is 31.1 Å². The molecule has 5 rings (SSSR count). The van der Waals surface area contributed by atoms with E-state index in [0.717, 1.165) is 43.1 Å². The second-order valence-corrected chi connectivity index (χ2v) is 7.40. The first-order valence-electron chi connectivity index (χ1n) is 9.65. The molecule has 2 fully saturated rings. The summed E-state index contributed by atoms with van der Waals surface area (Å²) in [7, 11) is 1.79. The number of nitrogens with zero attached hydrogens (tertiary/aromatic N) is 6. The van der Waals surface area contributed by atoms with Gasteiger partial charge in [0, 0.05) is 56.6 Å². The second-order valence-electron chi connectivity index (χ2n) is 7.40. The summed E-state index contributed by atoms with van der Waals surface area (Å²) in [5.74, 6) is 1.91. The molecule has 0 bridgehead atoms. The number of hydrogen-bond acceptors (Lipinski definition) is 6. The Labute approximate surface area is 162 Å². The second kappa shape index (κ2) is 6.78. The molecule has 0 spiro atoms. The number of carbonyl (C=O) groups excluding carboxylic acids is 1. The maximum atomic E-state index is 12.6. The van der Waals surface area contributed by atoms with E-state index in [1.165, 1.54) is 0 Å². The highest BCUT2D eigenvalue weighted by atomic mass is 16.5. The highest BCUT2D eigenvalue weighted by molar-refractivity contribution is 5.92. The fourth-order valence-electron chi connectivity index (χ4n) is 3.58. The Morgan fingerprint density at radius 3 is 2.46 bits per heavy atom. The average molecular weight is 378 g/mol. The van der Waals surface area contributed by atoms with Gasteiger partial charge in [0.1, 0.15) is 5.69 Å². The summed E-state index contributed by atoms with van der Waals surface area (Å²) >= 11 is 0. The standard InChI is InChI=1S/C20H22N6O2/c1-24-17(8-9-21-24)20(27)26-12-10-25(11-13-26)16-6-4-14(5-7-16)18-22-19(28-23-18)15-2-3-15/h4-9,15H,2-3,10-13H2,1H3. The van der Waals surface area contributed by atoms with Gasteiger partial charge in [-0.1, -0.05) is 5.16 Å². The van der Waals surface area contributed by atoms with Gasteiger partial charge in [0.15, 0.2) is 0 Å². The monoisotopic (exact) mass is 378 g/mol. The van der Waals surface area contributed by atoms with Gasteiger partial charge in [0.2, 0.25) is 11.7 Å². The number of rotatable bonds is 4. The van der Waals surface area contributed by atoms with Gasteiger partial charge in [-0.2, -0.15) is 10.1 Å². The quantitative estimate of drug-likeness (QED) is 0.693. The van der Waals surface area contributed by atoms with Crippen molar-refractivity contribution < 1.29 is 9.32 Å². The van der Waals surface area contributed by atoms with Crippen LogP contribution in [0.5, 0.6) is 0 Å². The Balaban J connectivity index is 1.22. The van der Waals surface area contributed by atoms with Gasteiger partial charge in [-0.15, -0.1) is 0 Å². The predicted molar refractivity (Wildman–Crippen MR) is 103 cm³/mol. The van der Waals surface area contributed by atoms with Crippen LogP contribution in [-0.4, -0.2) is 56.9 Å². The summed E-state index contributed by atoms with van der Waals surface area (Å²) in [6.45, 7) is 3.00. The van der Waals surface area contributed by atoms with Crippen molar-refractivity contribution in [3.63, 3.8) is 0 Å². The lowest BCUT2D eigenvalue weighted by Crippen LogP contribution is -2.49. The molecule has 0 unspecified atom stereocenters. The van der Waals surface area contributed by atoms with Crippen molar-refractivity contribution in [2.45, 2.75) is 18.8 Å². The number of benzene rings is 1. The van der Waals surface area contributed by atoms with Crippen LogP contribution in [-0.2, 0) is 7.05 Å². The van der Waals surface area contributed by atoms with E-state index in [1.54, 1.807) is 24.0 Å². The Kier molecular flexibility index (Phi) is 4.11. The molecule has 1 aliphatic carbocycles. The molecular formula is C20H22N6O2. The summed E-state index contributed by atoms with van der Waals surface area (Å²) in [4.78, 5) is 21.3. The van der Waals surface area contributed by atoms with E-state index >= 15 is 0 Å². The minimum Gasteiger partial charge on any atom is -0.368 e. The molecule has 2 aromatic heterocycles. The van der Waals surface area contributed by atoms with Gasteiger partial charge in [-0.3, -0.25) is 9.48 Å². The molecule has 8 heteroatoms. The zero-order valence-corrected chi connectivity index (χ0v) is 15.8. The molecule has 1 aromatic carbocycles. The van der Waals surface area contributed by atoms with Gasteiger partial charge in [-0.25, -0.2) is 0 Å². The summed E-state index contributed by atoms with van der Waals surface area (Å²) < 4.78 is 6.97. The molecule has 0 N–H and O–H groups in total. The van der Waals surface area contributed by atoms with E-state index in [2.05, 4.69) is 32.3 Å². The fraction of sp³-hybridized carbons (Fsp3) is 0.400. The number of carbonyl (C=O) groups is 1. The first kappa shape index (κ1) is 17.0. The maximum Gasteiger partial charge on any atom is 0.272 e. The molecule has 144 valence electrons. The molecule has 1 amide bonds. The molecule has 8 nitrogen and oxygen atoms in total. The van der Waals surface area contributed by atoms with Gasteiger partial charge >= 0.3 is 0 Å². The predicted octanol–water partition coefficient (Wildman–Crippen LogP) is 2.31. The van der Waals surface area contributed by atoms with Crippen LogP contribution in [0.25, 0.3) is 11.4 Å². The van der Waals surface area contributed by atoms with Crippen molar-refractivity contribution in [3.8, 4) is 11.4 Å². The third-order valence-corrected chi connectivity index (χ3v) is 5.47. The third-order valence-electron chi connectivity index (χ3n) is 5.47. The average Bonchev–Trinajstić information content (AvgIpc) is 3.31. The molecule has 28 heavy (non-hydrogen) atoms. The van der Waals surface area contributed by atoms with Crippen LogP contribution in [0.4, 0.5) is 5.69 Å². The molecule has 3 heterocycles.